The Morgan fingerprint density at radius 3 is 2.50 bits per heavy atom. The Morgan fingerprint density at radius 2 is 1.82 bits per heavy atom. The van der Waals surface area contributed by atoms with Crippen LogP contribution in [0.15, 0.2) is 60.8 Å². The topological polar surface area (TPSA) is 91.7 Å². The van der Waals surface area contributed by atoms with E-state index in [2.05, 4.69) is 5.32 Å². The fourth-order valence-electron chi connectivity index (χ4n) is 3.40. The van der Waals surface area contributed by atoms with Gasteiger partial charge in [-0.2, -0.15) is 5.10 Å². The Balaban J connectivity index is 1.60. The molecular formula is C26H27N3O5. The summed E-state index contributed by atoms with van der Waals surface area (Å²) in [6.07, 6.45) is 5.83. The predicted molar refractivity (Wildman–Crippen MR) is 128 cm³/mol. The van der Waals surface area contributed by atoms with E-state index in [1.165, 1.54) is 6.08 Å². The molecule has 0 spiro atoms. The summed E-state index contributed by atoms with van der Waals surface area (Å²) in [6, 6.07) is 15.4. The quantitative estimate of drug-likeness (QED) is 0.385. The minimum absolute atomic E-state index is 0.206. The molecule has 0 radical (unpaired) electrons. The van der Waals surface area contributed by atoms with Crippen LogP contribution in [0.25, 0.3) is 23.0 Å². The number of benzene rings is 2. The highest BCUT2D eigenvalue weighted by molar-refractivity contribution is 5.91. The van der Waals surface area contributed by atoms with Gasteiger partial charge in [0.15, 0.2) is 17.6 Å². The Bertz CT molecular complexity index is 1200. The third-order valence-electron chi connectivity index (χ3n) is 5.41. The highest BCUT2D eigenvalue weighted by atomic mass is 16.5. The van der Waals surface area contributed by atoms with E-state index >= 15 is 0 Å². The number of rotatable bonds is 9. The average molecular weight is 462 g/mol. The highest BCUT2D eigenvalue weighted by Gasteiger charge is 2.26. The van der Waals surface area contributed by atoms with E-state index in [4.69, 9.17) is 19.3 Å². The molecule has 1 heterocycles. The molecule has 1 N–H and O–H groups in total. The lowest BCUT2D eigenvalue weighted by Gasteiger charge is -2.11. The molecule has 1 atom stereocenters. The largest absolute Gasteiger partial charge is 0.493 e. The van der Waals surface area contributed by atoms with Crippen LogP contribution in [-0.2, 0) is 14.3 Å². The molecule has 2 aromatic carbocycles. The van der Waals surface area contributed by atoms with Crippen molar-refractivity contribution in [3.63, 3.8) is 0 Å². The summed E-state index contributed by atoms with van der Waals surface area (Å²) < 4.78 is 17.8. The first kappa shape index (κ1) is 23.1. The maximum atomic E-state index is 12.4. The molecule has 1 aromatic heterocycles. The molecule has 4 rings (SSSR count). The van der Waals surface area contributed by atoms with Gasteiger partial charge in [0.2, 0.25) is 0 Å². The lowest BCUT2D eigenvalue weighted by atomic mass is 10.1. The third-order valence-corrected chi connectivity index (χ3v) is 5.41. The molecule has 1 aliphatic carbocycles. The fourth-order valence-corrected chi connectivity index (χ4v) is 3.40. The number of methoxy groups -OCH3 is 2. The van der Waals surface area contributed by atoms with Gasteiger partial charge >= 0.3 is 5.97 Å². The van der Waals surface area contributed by atoms with Crippen LogP contribution >= 0.6 is 0 Å². The van der Waals surface area contributed by atoms with Crippen LogP contribution in [0, 0.1) is 0 Å². The van der Waals surface area contributed by atoms with Crippen LogP contribution < -0.4 is 14.8 Å². The van der Waals surface area contributed by atoms with Gasteiger partial charge < -0.3 is 19.5 Å². The maximum Gasteiger partial charge on any atom is 0.331 e. The van der Waals surface area contributed by atoms with Crippen LogP contribution in [0.5, 0.6) is 11.5 Å². The molecule has 1 amide bonds. The van der Waals surface area contributed by atoms with E-state index < -0.39 is 12.1 Å². The summed E-state index contributed by atoms with van der Waals surface area (Å²) in [5, 5.41) is 7.57. The molecule has 0 bridgehead atoms. The molecule has 0 saturated heterocycles. The Kier molecular flexibility index (Phi) is 6.96. The van der Waals surface area contributed by atoms with Crippen molar-refractivity contribution in [2.75, 3.05) is 14.2 Å². The van der Waals surface area contributed by atoms with E-state index in [0.717, 1.165) is 24.1 Å². The van der Waals surface area contributed by atoms with Gasteiger partial charge in [0.1, 0.15) is 5.69 Å². The normalized spacial score (nSPS) is 14.0. The summed E-state index contributed by atoms with van der Waals surface area (Å²) in [6.45, 7) is 1.56. The van der Waals surface area contributed by atoms with E-state index in [9.17, 15) is 9.59 Å². The summed E-state index contributed by atoms with van der Waals surface area (Å²) >= 11 is 0. The van der Waals surface area contributed by atoms with Crippen LogP contribution in [-0.4, -0.2) is 48.0 Å². The summed E-state index contributed by atoms with van der Waals surface area (Å²) in [4.78, 5) is 24.5. The van der Waals surface area contributed by atoms with E-state index in [0.29, 0.717) is 22.8 Å². The number of esters is 1. The van der Waals surface area contributed by atoms with Gasteiger partial charge in [0.25, 0.3) is 5.91 Å². The van der Waals surface area contributed by atoms with Gasteiger partial charge in [0, 0.05) is 29.4 Å². The molecule has 3 aromatic rings. The molecule has 0 aliphatic heterocycles. The monoisotopic (exact) mass is 461 g/mol. The van der Waals surface area contributed by atoms with Crippen molar-refractivity contribution in [1.29, 1.82) is 0 Å². The van der Waals surface area contributed by atoms with Crippen LogP contribution in [0.1, 0.15) is 25.3 Å². The van der Waals surface area contributed by atoms with Crippen LogP contribution in [0.2, 0.25) is 0 Å². The molecule has 1 fully saturated rings. The SMILES string of the molecule is COc1ccc(-c2nn(-c3ccccc3)cc2/C=C/C(=O)OC(C)C(=O)NC2CC2)cc1OC. The molecule has 8 nitrogen and oxygen atoms in total. The van der Waals surface area contributed by atoms with E-state index in [1.54, 1.807) is 38.0 Å². The number of hydrogen-bond acceptors (Lipinski definition) is 6. The smallest absolute Gasteiger partial charge is 0.331 e. The Morgan fingerprint density at radius 1 is 1.09 bits per heavy atom. The van der Waals surface area contributed by atoms with Gasteiger partial charge in [-0.1, -0.05) is 18.2 Å². The number of ether oxygens (including phenoxy) is 3. The predicted octanol–water partition coefficient (Wildman–Crippen LogP) is 3.78. The lowest BCUT2D eigenvalue weighted by molar-refractivity contribution is -0.150. The number of hydrogen-bond donors (Lipinski definition) is 1. The Hall–Kier alpha value is -4.07. The molecule has 34 heavy (non-hydrogen) atoms. The second kappa shape index (κ2) is 10.2. The van der Waals surface area contributed by atoms with Crippen molar-refractivity contribution >= 4 is 18.0 Å². The average Bonchev–Trinajstić information content (AvgIpc) is 3.57. The van der Waals surface area contributed by atoms with E-state index in [-0.39, 0.29) is 11.9 Å². The number of nitrogens with zero attached hydrogens (tertiary/aromatic N) is 2. The van der Waals surface area contributed by atoms with Crippen molar-refractivity contribution in [1.82, 2.24) is 15.1 Å². The molecule has 1 unspecified atom stereocenters. The molecule has 1 aliphatic rings. The molecule has 176 valence electrons. The number of aromatic nitrogens is 2. The van der Waals surface area contributed by atoms with Crippen molar-refractivity contribution < 1.29 is 23.8 Å². The molecular weight excluding hydrogens is 434 g/mol. The zero-order valence-corrected chi connectivity index (χ0v) is 19.4. The van der Waals surface area contributed by atoms with Gasteiger partial charge in [-0.05, 0) is 56.2 Å². The minimum atomic E-state index is -0.866. The first-order valence-corrected chi connectivity index (χ1v) is 11.0. The number of para-hydroxylation sites is 1. The first-order chi connectivity index (χ1) is 16.5. The van der Waals surface area contributed by atoms with Gasteiger partial charge in [-0.3, -0.25) is 4.79 Å². The zero-order chi connectivity index (χ0) is 24.1. The second-order valence-corrected chi connectivity index (χ2v) is 7.98. The summed E-state index contributed by atoms with van der Waals surface area (Å²) in [7, 11) is 3.15. The van der Waals surface area contributed by atoms with Gasteiger partial charge in [0.05, 0.1) is 19.9 Å². The van der Waals surface area contributed by atoms with Crippen molar-refractivity contribution in [2.45, 2.75) is 31.9 Å². The third kappa shape index (κ3) is 5.46. The van der Waals surface area contributed by atoms with Crippen molar-refractivity contribution in [2.24, 2.45) is 0 Å². The van der Waals surface area contributed by atoms with Crippen LogP contribution in [0.3, 0.4) is 0 Å². The zero-order valence-electron chi connectivity index (χ0n) is 19.4. The summed E-state index contributed by atoms with van der Waals surface area (Å²) in [5.41, 5.74) is 3.01. The second-order valence-electron chi connectivity index (χ2n) is 7.98. The molecule has 8 heteroatoms. The number of carbonyl (C=O) groups excluding carboxylic acids is 2. The fraction of sp³-hybridized carbons (Fsp3) is 0.269. The van der Waals surface area contributed by atoms with Crippen molar-refractivity contribution in [3.8, 4) is 28.4 Å². The van der Waals surface area contributed by atoms with Gasteiger partial charge in [-0.25, -0.2) is 9.48 Å². The Labute approximate surface area is 198 Å². The first-order valence-electron chi connectivity index (χ1n) is 11.0. The van der Waals surface area contributed by atoms with E-state index in [1.807, 2.05) is 48.7 Å². The molecule has 1 saturated carbocycles. The standard InChI is InChI=1S/C26H27N3O5/c1-17(26(31)27-20-11-12-20)34-24(30)14-10-19-16-29(21-7-5-4-6-8-21)28-25(19)18-9-13-22(32-2)23(15-18)33-3/h4-10,13-17,20H,11-12H2,1-3H3,(H,27,31)/b14-10+. The minimum Gasteiger partial charge on any atom is -0.493 e. The van der Waals surface area contributed by atoms with Crippen LogP contribution in [0.4, 0.5) is 0 Å². The summed E-state index contributed by atoms with van der Waals surface area (Å²) in [5.74, 6) is 0.281. The number of carbonyl (C=O) groups is 2. The lowest BCUT2D eigenvalue weighted by Crippen LogP contribution is -2.36. The number of amides is 1. The number of nitrogens with one attached hydrogen (secondary N) is 1. The van der Waals surface area contributed by atoms with Gasteiger partial charge in [-0.15, -0.1) is 0 Å². The maximum absolute atomic E-state index is 12.4. The van der Waals surface area contributed by atoms with Crippen molar-refractivity contribution in [3.05, 3.63) is 66.4 Å². The highest BCUT2D eigenvalue weighted by Crippen LogP contribution is 2.33.